The van der Waals surface area contributed by atoms with Crippen LogP contribution in [0, 0.1) is 0 Å². The van der Waals surface area contributed by atoms with Crippen molar-refractivity contribution in [1.29, 1.82) is 0 Å². The number of carbonyl (C=O) groups excluding carboxylic acids is 3. The lowest BCUT2D eigenvalue weighted by Gasteiger charge is -2.14. The van der Waals surface area contributed by atoms with E-state index in [4.69, 9.17) is 4.74 Å². The number of esters is 1. The Balaban J connectivity index is 1.41. The van der Waals surface area contributed by atoms with Crippen molar-refractivity contribution in [3.05, 3.63) is 83.7 Å². The Morgan fingerprint density at radius 3 is 2.29 bits per heavy atom. The minimum atomic E-state index is -1.12. The standard InChI is InChI=1S/C23H22N4O4/c1-15(21(28)24-25-22(29)17-8-4-2-5-9-17)31-23(30)20-14-19(16-12-13-16)26-27(20)18-10-6-3-7-11-18/h2-11,14-16H,12-13H2,1H3,(H,24,28)(H,25,29)/t15-/m1/s1. The summed E-state index contributed by atoms with van der Waals surface area (Å²) >= 11 is 0. The smallest absolute Gasteiger partial charge is 0.357 e. The van der Waals surface area contributed by atoms with E-state index in [9.17, 15) is 14.4 Å². The van der Waals surface area contributed by atoms with Gasteiger partial charge >= 0.3 is 5.97 Å². The number of nitrogens with zero attached hydrogens (tertiary/aromatic N) is 2. The van der Waals surface area contributed by atoms with E-state index in [1.165, 1.54) is 11.6 Å². The summed E-state index contributed by atoms with van der Waals surface area (Å²) in [5, 5.41) is 4.57. The maximum absolute atomic E-state index is 12.8. The summed E-state index contributed by atoms with van der Waals surface area (Å²) in [6, 6.07) is 19.4. The molecule has 1 heterocycles. The van der Waals surface area contributed by atoms with E-state index in [0.717, 1.165) is 24.2 Å². The van der Waals surface area contributed by atoms with E-state index in [1.807, 2.05) is 30.3 Å². The minimum Gasteiger partial charge on any atom is -0.448 e. The summed E-state index contributed by atoms with van der Waals surface area (Å²) in [5.41, 5.74) is 6.80. The zero-order chi connectivity index (χ0) is 21.8. The average Bonchev–Trinajstić information content (AvgIpc) is 3.56. The van der Waals surface area contributed by atoms with Crippen molar-refractivity contribution in [2.24, 2.45) is 0 Å². The molecule has 8 heteroatoms. The zero-order valence-electron chi connectivity index (χ0n) is 16.9. The first-order chi connectivity index (χ1) is 15.0. The lowest BCUT2D eigenvalue weighted by molar-refractivity contribution is -0.129. The van der Waals surface area contributed by atoms with Crippen LogP contribution >= 0.6 is 0 Å². The molecule has 3 aromatic rings. The van der Waals surface area contributed by atoms with Gasteiger partial charge in [-0.3, -0.25) is 20.4 Å². The molecule has 0 aliphatic heterocycles. The molecule has 1 aromatic heterocycles. The Hall–Kier alpha value is -3.94. The van der Waals surface area contributed by atoms with Crippen molar-refractivity contribution in [2.75, 3.05) is 0 Å². The van der Waals surface area contributed by atoms with Crippen molar-refractivity contribution in [3.63, 3.8) is 0 Å². The summed E-state index contributed by atoms with van der Waals surface area (Å²) in [7, 11) is 0. The number of ether oxygens (including phenoxy) is 1. The van der Waals surface area contributed by atoms with E-state index >= 15 is 0 Å². The lowest BCUT2D eigenvalue weighted by atomic mass is 10.2. The Kier molecular flexibility index (Phi) is 5.79. The van der Waals surface area contributed by atoms with E-state index < -0.39 is 23.9 Å². The lowest BCUT2D eigenvalue weighted by Crippen LogP contribution is -2.46. The fourth-order valence-corrected chi connectivity index (χ4v) is 3.05. The van der Waals surface area contributed by atoms with Gasteiger partial charge in [0.05, 0.1) is 11.4 Å². The fraction of sp³-hybridized carbons (Fsp3) is 0.217. The third kappa shape index (κ3) is 4.80. The number of amides is 2. The first-order valence-electron chi connectivity index (χ1n) is 10.0. The predicted octanol–water partition coefficient (Wildman–Crippen LogP) is 2.76. The molecule has 2 N–H and O–H groups in total. The molecule has 1 saturated carbocycles. The molecule has 2 aromatic carbocycles. The van der Waals surface area contributed by atoms with Crippen LogP contribution in [0.3, 0.4) is 0 Å². The van der Waals surface area contributed by atoms with Gasteiger partial charge in [-0.05, 0) is 50.1 Å². The van der Waals surface area contributed by atoms with E-state index in [1.54, 1.807) is 36.4 Å². The summed E-state index contributed by atoms with van der Waals surface area (Å²) in [6.45, 7) is 1.44. The van der Waals surface area contributed by atoms with Crippen LogP contribution in [0.1, 0.15) is 52.2 Å². The second-order valence-electron chi connectivity index (χ2n) is 7.33. The highest BCUT2D eigenvalue weighted by Crippen LogP contribution is 2.39. The summed E-state index contributed by atoms with van der Waals surface area (Å²) < 4.78 is 6.89. The number of nitrogens with one attached hydrogen (secondary N) is 2. The topological polar surface area (TPSA) is 102 Å². The van der Waals surface area contributed by atoms with E-state index in [0.29, 0.717) is 11.5 Å². The molecule has 0 bridgehead atoms. The highest BCUT2D eigenvalue weighted by Gasteiger charge is 2.30. The van der Waals surface area contributed by atoms with Gasteiger partial charge in [-0.15, -0.1) is 0 Å². The summed E-state index contributed by atoms with van der Waals surface area (Å²) in [4.78, 5) is 37.2. The van der Waals surface area contributed by atoms with Gasteiger partial charge in [0.25, 0.3) is 11.8 Å². The number of benzene rings is 2. The van der Waals surface area contributed by atoms with E-state index in [-0.39, 0.29) is 5.69 Å². The molecule has 0 spiro atoms. The van der Waals surface area contributed by atoms with Crippen molar-refractivity contribution >= 4 is 17.8 Å². The van der Waals surface area contributed by atoms with Crippen LogP contribution < -0.4 is 10.9 Å². The van der Waals surface area contributed by atoms with Crippen LogP contribution in [-0.4, -0.2) is 33.7 Å². The number of hydrazine groups is 1. The molecule has 0 radical (unpaired) electrons. The van der Waals surface area contributed by atoms with Crippen molar-refractivity contribution < 1.29 is 19.1 Å². The second-order valence-corrected chi connectivity index (χ2v) is 7.33. The first-order valence-corrected chi connectivity index (χ1v) is 10.0. The molecule has 1 aliphatic rings. The van der Waals surface area contributed by atoms with Crippen LogP contribution in [-0.2, 0) is 9.53 Å². The first kappa shape index (κ1) is 20.3. The molecule has 0 unspecified atom stereocenters. The molecule has 0 saturated heterocycles. The van der Waals surface area contributed by atoms with Crippen LogP contribution in [0.4, 0.5) is 0 Å². The minimum absolute atomic E-state index is 0.251. The quantitative estimate of drug-likeness (QED) is 0.473. The van der Waals surface area contributed by atoms with Crippen LogP contribution in [0.5, 0.6) is 0 Å². The van der Waals surface area contributed by atoms with Crippen molar-refractivity contribution in [3.8, 4) is 5.69 Å². The average molecular weight is 418 g/mol. The molecule has 158 valence electrons. The van der Waals surface area contributed by atoms with Crippen LogP contribution in [0.25, 0.3) is 5.69 Å². The molecule has 31 heavy (non-hydrogen) atoms. The molecule has 1 aliphatic carbocycles. The largest absolute Gasteiger partial charge is 0.448 e. The van der Waals surface area contributed by atoms with Gasteiger partial charge in [0, 0.05) is 11.5 Å². The van der Waals surface area contributed by atoms with Gasteiger partial charge in [-0.1, -0.05) is 36.4 Å². The van der Waals surface area contributed by atoms with Crippen molar-refractivity contribution in [2.45, 2.75) is 31.8 Å². The molecule has 2 amide bonds. The maximum atomic E-state index is 12.8. The predicted molar refractivity (Wildman–Crippen MR) is 112 cm³/mol. The highest BCUT2D eigenvalue weighted by atomic mass is 16.5. The monoisotopic (exact) mass is 418 g/mol. The second kappa shape index (κ2) is 8.83. The van der Waals surface area contributed by atoms with Crippen molar-refractivity contribution in [1.82, 2.24) is 20.6 Å². The number of hydrogen-bond donors (Lipinski definition) is 2. The van der Waals surface area contributed by atoms with Gasteiger partial charge in [0.2, 0.25) is 0 Å². The third-order valence-corrected chi connectivity index (χ3v) is 4.92. The van der Waals surface area contributed by atoms with Gasteiger partial charge in [0.15, 0.2) is 11.8 Å². The number of carbonyl (C=O) groups is 3. The zero-order valence-corrected chi connectivity index (χ0v) is 16.9. The molecule has 1 fully saturated rings. The van der Waals surface area contributed by atoms with Crippen LogP contribution in [0.15, 0.2) is 66.7 Å². The Morgan fingerprint density at radius 1 is 1.00 bits per heavy atom. The third-order valence-electron chi connectivity index (χ3n) is 4.92. The molecule has 4 rings (SSSR count). The molecule has 1 atom stereocenters. The Morgan fingerprint density at radius 2 is 1.65 bits per heavy atom. The Bertz CT molecular complexity index is 1090. The maximum Gasteiger partial charge on any atom is 0.357 e. The molecular weight excluding hydrogens is 396 g/mol. The van der Waals surface area contributed by atoms with E-state index in [2.05, 4.69) is 16.0 Å². The van der Waals surface area contributed by atoms with Gasteiger partial charge in [-0.2, -0.15) is 5.10 Å². The SMILES string of the molecule is C[C@@H](OC(=O)c1cc(C2CC2)nn1-c1ccccc1)C(=O)NNC(=O)c1ccccc1. The summed E-state index contributed by atoms with van der Waals surface area (Å²) in [5.74, 6) is -1.43. The van der Waals surface area contributed by atoms with Crippen LogP contribution in [0.2, 0.25) is 0 Å². The highest BCUT2D eigenvalue weighted by molar-refractivity contribution is 5.96. The van der Waals surface area contributed by atoms with Gasteiger partial charge < -0.3 is 4.74 Å². The van der Waals surface area contributed by atoms with Gasteiger partial charge in [0.1, 0.15) is 0 Å². The number of rotatable bonds is 6. The summed E-state index contributed by atoms with van der Waals surface area (Å²) in [6.07, 6.45) is 0.965. The normalized spacial score (nSPS) is 13.8. The van der Waals surface area contributed by atoms with Gasteiger partial charge in [-0.25, -0.2) is 9.48 Å². The molecule has 8 nitrogen and oxygen atoms in total. The Labute approximate surface area is 179 Å². The molecular formula is C23H22N4O4. The fourth-order valence-electron chi connectivity index (χ4n) is 3.05. The number of para-hydroxylation sites is 1. The number of hydrogen-bond acceptors (Lipinski definition) is 5. The number of aromatic nitrogens is 2.